The molecule has 3 heterocycles. The smallest absolute Gasteiger partial charge is 0.256 e. The third-order valence-electron chi connectivity index (χ3n) is 10.2. The topological polar surface area (TPSA) is 88.2 Å². The van der Waals surface area contributed by atoms with Crippen LogP contribution in [0.15, 0.2) is 103 Å². The van der Waals surface area contributed by atoms with E-state index in [-0.39, 0.29) is 17.7 Å². The minimum atomic E-state index is -0.754. The van der Waals surface area contributed by atoms with Gasteiger partial charge in [-0.2, -0.15) is 0 Å². The Labute approximate surface area is 305 Å². The highest BCUT2D eigenvalue weighted by Gasteiger charge is 2.34. The summed E-state index contributed by atoms with van der Waals surface area (Å²) in [6.07, 6.45) is 1.08. The van der Waals surface area contributed by atoms with Crippen LogP contribution in [-0.2, 0) is 29.0 Å². The second-order valence-corrected chi connectivity index (χ2v) is 13.9. The number of carbonyl (C=O) groups is 3. The molecular formula is C41H44ClN6O3. The van der Waals surface area contributed by atoms with Gasteiger partial charge in [-0.05, 0) is 52.9 Å². The zero-order valence-electron chi connectivity index (χ0n) is 28.7. The van der Waals surface area contributed by atoms with Crippen molar-refractivity contribution in [2.24, 2.45) is 0 Å². The molecule has 0 bridgehead atoms. The molecule has 0 saturated carbocycles. The molecule has 0 aliphatic carbocycles. The summed E-state index contributed by atoms with van der Waals surface area (Å²) >= 11 is 6.15. The van der Waals surface area contributed by atoms with Crippen molar-refractivity contribution in [1.82, 2.24) is 25.3 Å². The molecule has 1 unspecified atom stereocenters. The molecule has 9 nitrogen and oxygen atoms in total. The van der Waals surface area contributed by atoms with Crippen LogP contribution in [0.4, 0.5) is 5.69 Å². The van der Waals surface area contributed by atoms with Gasteiger partial charge in [0.15, 0.2) is 0 Å². The molecular weight excluding hydrogens is 660 g/mol. The maximum atomic E-state index is 14.2. The van der Waals surface area contributed by atoms with E-state index in [1.807, 2.05) is 83.1 Å². The van der Waals surface area contributed by atoms with Crippen LogP contribution in [0.1, 0.15) is 38.7 Å². The van der Waals surface area contributed by atoms with Crippen molar-refractivity contribution in [3.8, 4) is 0 Å². The monoisotopic (exact) mass is 703 g/mol. The summed E-state index contributed by atoms with van der Waals surface area (Å²) in [7, 11) is 0. The molecule has 2 saturated heterocycles. The Balaban J connectivity index is 0.999. The van der Waals surface area contributed by atoms with Crippen LogP contribution in [0.25, 0.3) is 0 Å². The van der Waals surface area contributed by atoms with E-state index in [1.165, 1.54) is 5.56 Å². The number of para-hydroxylation sites is 1. The number of nitrogens with one attached hydrogen (secondary N) is 2. The first-order valence-electron chi connectivity index (χ1n) is 17.8. The standard InChI is InChI=1S/C41H44ClN6O3/c42-33-16-14-30(15-17-33)28-36(44-39(49)38-34-11-5-4-10-32(34)18-19-43-38)41(51)48-26-24-46(25-27-48)37-13-7-6-12-35(37)40(50)47-22-20-45(21-23-47)29-31-8-2-1-3-9-31/h1-17,19,36,38,43H,18,20-29H2,(H,44,49)/t36-,38?/m1/s1. The Bertz CT molecular complexity index is 1820. The highest BCUT2D eigenvalue weighted by Crippen LogP contribution is 2.26. The first-order valence-corrected chi connectivity index (χ1v) is 18.2. The maximum Gasteiger partial charge on any atom is 0.256 e. The van der Waals surface area contributed by atoms with Gasteiger partial charge in [0.2, 0.25) is 11.8 Å². The lowest BCUT2D eigenvalue weighted by Gasteiger charge is -2.39. The molecule has 2 atom stereocenters. The maximum absolute atomic E-state index is 14.2. The fourth-order valence-electron chi connectivity index (χ4n) is 7.35. The number of halogens is 1. The number of piperazine rings is 2. The van der Waals surface area contributed by atoms with Crippen LogP contribution in [0.5, 0.6) is 0 Å². The predicted octanol–water partition coefficient (Wildman–Crippen LogP) is 4.72. The normalized spacial score (nSPS) is 18.5. The van der Waals surface area contributed by atoms with Crippen molar-refractivity contribution >= 4 is 35.0 Å². The fourth-order valence-corrected chi connectivity index (χ4v) is 7.47. The average Bonchev–Trinajstić information content (AvgIpc) is 3.18. The largest absolute Gasteiger partial charge is 0.367 e. The second-order valence-electron chi connectivity index (χ2n) is 13.5. The van der Waals surface area contributed by atoms with E-state index in [4.69, 9.17) is 11.6 Å². The van der Waals surface area contributed by atoms with Gasteiger partial charge in [-0.1, -0.05) is 90.5 Å². The van der Waals surface area contributed by atoms with Crippen LogP contribution < -0.4 is 15.5 Å². The number of rotatable bonds is 9. The molecule has 10 heteroatoms. The summed E-state index contributed by atoms with van der Waals surface area (Å²) < 4.78 is 0. The van der Waals surface area contributed by atoms with Crippen LogP contribution in [-0.4, -0.2) is 90.8 Å². The summed E-state index contributed by atoms with van der Waals surface area (Å²) in [5.74, 6) is -0.314. The van der Waals surface area contributed by atoms with Gasteiger partial charge in [0, 0.05) is 82.6 Å². The number of nitrogens with zero attached hydrogens (tertiary/aromatic N) is 4. The minimum absolute atomic E-state index is 0.0457. The van der Waals surface area contributed by atoms with E-state index in [0.717, 1.165) is 48.4 Å². The number of carbonyl (C=O) groups excluding carboxylic acids is 3. The lowest BCUT2D eigenvalue weighted by atomic mass is 9.93. The molecule has 3 aliphatic heterocycles. The van der Waals surface area contributed by atoms with Gasteiger partial charge in [-0.15, -0.1) is 0 Å². The van der Waals surface area contributed by atoms with Crippen molar-refractivity contribution in [1.29, 1.82) is 0 Å². The molecule has 3 aliphatic rings. The summed E-state index contributed by atoms with van der Waals surface area (Å²) in [5.41, 5.74) is 5.80. The number of anilines is 1. The van der Waals surface area contributed by atoms with Crippen LogP contribution >= 0.6 is 11.6 Å². The molecule has 0 aromatic heterocycles. The summed E-state index contributed by atoms with van der Waals surface area (Å²) in [5, 5.41) is 6.93. The zero-order chi connectivity index (χ0) is 35.2. The Morgan fingerprint density at radius 3 is 2.16 bits per heavy atom. The minimum Gasteiger partial charge on any atom is -0.367 e. The molecule has 4 aromatic rings. The Morgan fingerprint density at radius 1 is 0.725 bits per heavy atom. The van der Waals surface area contributed by atoms with Gasteiger partial charge in [0.1, 0.15) is 12.1 Å². The molecule has 2 N–H and O–H groups in total. The molecule has 263 valence electrons. The van der Waals surface area contributed by atoms with Crippen molar-refractivity contribution < 1.29 is 14.4 Å². The lowest BCUT2D eigenvalue weighted by Crippen LogP contribution is -2.57. The number of hydrogen-bond donors (Lipinski definition) is 2. The van der Waals surface area contributed by atoms with Crippen molar-refractivity contribution in [2.45, 2.75) is 31.5 Å². The highest BCUT2D eigenvalue weighted by atomic mass is 35.5. The summed E-state index contributed by atoms with van der Waals surface area (Å²) in [4.78, 5) is 50.2. The van der Waals surface area contributed by atoms with E-state index in [1.54, 1.807) is 12.1 Å². The van der Waals surface area contributed by atoms with E-state index in [9.17, 15) is 14.4 Å². The van der Waals surface area contributed by atoms with Gasteiger partial charge in [-0.3, -0.25) is 24.6 Å². The van der Waals surface area contributed by atoms with Gasteiger partial charge < -0.3 is 20.0 Å². The SMILES string of the molecule is O=C(N[C@H](Cc1ccc(Cl)cc1)C(=O)N1CCN(c2ccccc2C(=O)N2CCN(Cc3ccccc3)CC2)CC1)C1N[CH]Cc2ccccc21. The van der Waals surface area contributed by atoms with Crippen LogP contribution in [0.3, 0.4) is 0 Å². The van der Waals surface area contributed by atoms with Crippen molar-refractivity contribution in [2.75, 3.05) is 57.3 Å². The van der Waals surface area contributed by atoms with Crippen molar-refractivity contribution in [3.05, 3.63) is 143 Å². The summed E-state index contributed by atoms with van der Waals surface area (Å²) in [6.45, 7) is 7.93. The van der Waals surface area contributed by atoms with E-state index < -0.39 is 12.1 Å². The molecule has 1 radical (unpaired) electrons. The summed E-state index contributed by atoms with van der Waals surface area (Å²) in [6, 6.07) is 32.2. The predicted molar refractivity (Wildman–Crippen MR) is 200 cm³/mol. The van der Waals surface area contributed by atoms with E-state index in [0.29, 0.717) is 56.3 Å². The van der Waals surface area contributed by atoms with Crippen LogP contribution in [0.2, 0.25) is 5.02 Å². The lowest BCUT2D eigenvalue weighted by molar-refractivity contribution is -0.137. The van der Waals surface area contributed by atoms with E-state index in [2.05, 4.69) is 44.7 Å². The quantitative estimate of drug-likeness (QED) is 0.263. The van der Waals surface area contributed by atoms with Gasteiger partial charge >= 0.3 is 0 Å². The zero-order valence-corrected chi connectivity index (χ0v) is 29.5. The number of fused-ring (bicyclic) bond motifs is 1. The third-order valence-corrected chi connectivity index (χ3v) is 10.4. The molecule has 0 spiro atoms. The van der Waals surface area contributed by atoms with E-state index >= 15 is 0 Å². The van der Waals surface area contributed by atoms with Crippen LogP contribution in [0, 0.1) is 6.54 Å². The van der Waals surface area contributed by atoms with Gasteiger partial charge in [0.25, 0.3) is 5.91 Å². The fraction of sp³-hybridized carbons (Fsp3) is 0.317. The Hall–Kier alpha value is -4.70. The number of hydrogen-bond acceptors (Lipinski definition) is 6. The number of amides is 3. The molecule has 3 amide bonds. The van der Waals surface area contributed by atoms with Gasteiger partial charge in [0.05, 0.1) is 5.56 Å². The van der Waals surface area contributed by atoms with Crippen molar-refractivity contribution in [3.63, 3.8) is 0 Å². The highest BCUT2D eigenvalue weighted by molar-refractivity contribution is 6.30. The number of benzene rings is 4. The van der Waals surface area contributed by atoms with Gasteiger partial charge in [-0.25, -0.2) is 0 Å². The molecule has 7 rings (SSSR count). The first kappa shape index (κ1) is 34.7. The second kappa shape index (κ2) is 16.1. The first-order chi connectivity index (χ1) is 24.9. The Morgan fingerprint density at radius 2 is 1.39 bits per heavy atom. The molecule has 4 aromatic carbocycles. The molecule has 51 heavy (non-hydrogen) atoms. The third kappa shape index (κ3) is 8.28. The molecule has 2 fully saturated rings. The average molecular weight is 704 g/mol. The Kier molecular flexibility index (Phi) is 11.0.